The number of aromatic amines is 1. The van der Waals surface area contributed by atoms with Gasteiger partial charge in [-0.2, -0.15) is 0 Å². The van der Waals surface area contributed by atoms with Crippen LogP contribution in [-0.4, -0.2) is 94.4 Å². The van der Waals surface area contributed by atoms with E-state index >= 15 is 0 Å². The van der Waals surface area contributed by atoms with Crippen molar-refractivity contribution in [2.75, 3.05) is 41.3 Å². The fourth-order valence-electron chi connectivity index (χ4n) is 10.2. The minimum absolute atomic E-state index is 0.0186. The van der Waals surface area contributed by atoms with Crippen molar-refractivity contribution in [3.05, 3.63) is 156 Å². The highest BCUT2D eigenvalue weighted by Gasteiger charge is 2.39. The summed E-state index contributed by atoms with van der Waals surface area (Å²) in [4.78, 5) is 50.0. The number of likely N-dealkylation sites (N-methyl/N-ethyl adjacent to an activating group) is 2. The lowest BCUT2D eigenvalue weighted by Crippen LogP contribution is -2.46. The number of carbonyl (C=O) groups is 2. The molecule has 1 N–H and O–H groups in total. The fraction of sp³-hybridized carbons (Fsp3) is 0.283. The van der Waals surface area contributed by atoms with Crippen LogP contribution in [0.15, 0.2) is 138 Å². The third-order valence-corrected chi connectivity index (χ3v) is 13.2. The van der Waals surface area contributed by atoms with Crippen LogP contribution in [0.2, 0.25) is 0 Å². The molecule has 1 aromatic heterocycles. The maximum absolute atomic E-state index is 14.1. The van der Waals surface area contributed by atoms with Gasteiger partial charge in [0.15, 0.2) is 0 Å². The van der Waals surface area contributed by atoms with E-state index in [0.717, 1.165) is 95.7 Å². The highest BCUT2D eigenvalue weighted by Crippen LogP contribution is 2.39. The first kappa shape index (κ1) is 39.7. The van der Waals surface area contributed by atoms with Crippen molar-refractivity contribution < 1.29 is 9.59 Å². The molecule has 4 heterocycles. The summed E-state index contributed by atoms with van der Waals surface area (Å²) >= 11 is 0. The van der Waals surface area contributed by atoms with E-state index in [-0.39, 0.29) is 36.0 Å². The Kier molecular flexibility index (Phi) is 10.5. The number of amides is 2. The van der Waals surface area contributed by atoms with E-state index < -0.39 is 0 Å². The number of carbonyl (C=O) groups excluding carboxylic acids is 2. The van der Waals surface area contributed by atoms with Crippen LogP contribution in [0.4, 0.5) is 5.69 Å². The Morgan fingerprint density at radius 2 is 1.13 bits per heavy atom. The van der Waals surface area contributed by atoms with E-state index in [1.807, 2.05) is 104 Å². The molecule has 7 aromatic rings. The van der Waals surface area contributed by atoms with Crippen LogP contribution in [0, 0.1) is 0 Å². The largest absolute Gasteiger partial charge is 0.340 e. The number of H-pyrrole nitrogens is 1. The number of nitrogens with one attached hydrogen (secondary N) is 1. The molecule has 312 valence electrons. The van der Waals surface area contributed by atoms with Crippen molar-refractivity contribution in [1.29, 1.82) is 0 Å². The summed E-state index contributed by atoms with van der Waals surface area (Å²) in [5, 5.41) is 2.36. The first-order valence-corrected chi connectivity index (χ1v) is 22.0. The van der Waals surface area contributed by atoms with Crippen LogP contribution in [0.3, 0.4) is 0 Å². The van der Waals surface area contributed by atoms with E-state index in [2.05, 4.69) is 82.7 Å². The van der Waals surface area contributed by atoms with Gasteiger partial charge in [0.25, 0.3) is 0 Å². The molecular weight excluding hydrogens is 767 g/mol. The molecule has 9 nitrogen and oxygen atoms in total. The van der Waals surface area contributed by atoms with Crippen molar-refractivity contribution in [2.24, 2.45) is 4.99 Å². The first-order chi connectivity index (χ1) is 30.2. The lowest BCUT2D eigenvalue weighted by Gasteiger charge is -2.32. The summed E-state index contributed by atoms with van der Waals surface area (Å²) in [6, 6.07) is 45.8. The van der Waals surface area contributed by atoms with Gasteiger partial charge in [0.2, 0.25) is 11.8 Å². The standard InChI is InChI=1S/C53H53N7O2/c1-57(2)49(34-13-7-5-8-14-34)52(61)59-27-11-17-47(59)46-33-42-31-40(23-25-43(42)54-46)38-20-19-37-30-39(22-21-36(37)29-38)41-24-26-44-45(32-41)56-51(55-44)48-18-12-28-60(48)53(62)50(58(3)4)35-15-9-6-10-16-35/h5-10,13-16,19-26,29-32,47-50H,11-12,17-18,27-28,33H2,1-4H3,(H,55,56)/t47-,48-,49+,50+/m0/s1. The maximum Gasteiger partial charge on any atom is 0.245 e. The Bertz CT molecular complexity index is 2830. The van der Waals surface area contributed by atoms with Gasteiger partial charge in [0.1, 0.15) is 17.9 Å². The van der Waals surface area contributed by atoms with Crippen LogP contribution in [0.5, 0.6) is 0 Å². The van der Waals surface area contributed by atoms with E-state index in [4.69, 9.17) is 9.98 Å². The molecular formula is C53H53N7O2. The van der Waals surface area contributed by atoms with Gasteiger partial charge in [-0.05, 0) is 140 Å². The molecule has 62 heavy (non-hydrogen) atoms. The molecule has 0 unspecified atom stereocenters. The Hall–Kier alpha value is -6.42. The Morgan fingerprint density at radius 1 is 0.613 bits per heavy atom. The summed E-state index contributed by atoms with van der Waals surface area (Å²) in [5.74, 6) is 1.11. The van der Waals surface area contributed by atoms with Gasteiger partial charge in [-0.25, -0.2) is 4.98 Å². The number of likely N-dealkylation sites (tertiary alicyclic amines) is 2. The van der Waals surface area contributed by atoms with Crippen LogP contribution in [0.25, 0.3) is 44.1 Å². The molecule has 9 heteroatoms. The highest BCUT2D eigenvalue weighted by atomic mass is 16.2. The minimum Gasteiger partial charge on any atom is -0.340 e. The lowest BCUT2D eigenvalue weighted by atomic mass is 9.95. The Labute approximate surface area is 363 Å². The SMILES string of the molecule is CN(C)[C@@H](C(=O)N1CCC[C@H]1C1=Nc2ccc(-c3ccc4cc(-c5ccc6nc([C@@H]7CCCN7C(=O)[C@@H](c7ccccc7)N(C)C)[nH]c6c5)ccc4c3)cc2C1)c1ccccc1. The van der Waals surface area contributed by atoms with Crippen molar-refractivity contribution >= 4 is 45.0 Å². The average molecular weight is 820 g/mol. The second kappa shape index (κ2) is 16.5. The Balaban J connectivity index is 0.843. The molecule has 0 radical (unpaired) electrons. The van der Waals surface area contributed by atoms with Crippen LogP contribution < -0.4 is 0 Å². The number of rotatable bonds is 10. The number of benzene rings is 6. The molecule has 2 saturated heterocycles. The molecule has 4 atom stereocenters. The minimum atomic E-state index is -0.345. The van der Waals surface area contributed by atoms with Crippen LogP contribution in [0.1, 0.15) is 66.3 Å². The fourth-order valence-corrected chi connectivity index (χ4v) is 10.2. The molecule has 6 aromatic carbocycles. The molecule has 2 amide bonds. The van der Waals surface area contributed by atoms with Crippen molar-refractivity contribution in [2.45, 2.75) is 56.3 Å². The molecule has 0 aliphatic carbocycles. The Morgan fingerprint density at radius 3 is 1.73 bits per heavy atom. The molecule has 0 spiro atoms. The molecule has 0 saturated carbocycles. The summed E-state index contributed by atoms with van der Waals surface area (Å²) in [7, 11) is 7.91. The van der Waals surface area contributed by atoms with Gasteiger partial charge in [0, 0.05) is 25.2 Å². The number of hydrogen-bond acceptors (Lipinski definition) is 6. The van der Waals surface area contributed by atoms with E-state index in [1.165, 1.54) is 27.5 Å². The highest BCUT2D eigenvalue weighted by molar-refractivity contribution is 6.01. The average Bonchev–Trinajstić information content (AvgIpc) is 4.12. The summed E-state index contributed by atoms with van der Waals surface area (Å²) < 4.78 is 0. The number of aromatic nitrogens is 2. The van der Waals surface area contributed by atoms with Crippen LogP contribution >= 0.6 is 0 Å². The number of aliphatic imine (C=N–C) groups is 1. The second-order valence-corrected chi connectivity index (χ2v) is 17.7. The van der Waals surface area contributed by atoms with Gasteiger partial charge < -0.3 is 14.8 Å². The summed E-state index contributed by atoms with van der Waals surface area (Å²) in [5.41, 5.74) is 11.8. The predicted molar refractivity (Wildman–Crippen MR) is 249 cm³/mol. The van der Waals surface area contributed by atoms with Gasteiger partial charge in [-0.15, -0.1) is 0 Å². The third-order valence-electron chi connectivity index (χ3n) is 13.2. The second-order valence-electron chi connectivity index (χ2n) is 17.7. The smallest absolute Gasteiger partial charge is 0.245 e. The molecule has 3 aliphatic rings. The normalized spacial score (nSPS) is 18.5. The summed E-state index contributed by atoms with van der Waals surface area (Å²) in [6.07, 6.45) is 4.52. The molecule has 3 aliphatic heterocycles. The summed E-state index contributed by atoms with van der Waals surface area (Å²) in [6.45, 7) is 1.48. The predicted octanol–water partition coefficient (Wildman–Crippen LogP) is 9.94. The first-order valence-electron chi connectivity index (χ1n) is 22.0. The molecule has 2 fully saturated rings. The third kappa shape index (κ3) is 7.39. The van der Waals surface area contributed by atoms with E-state index in [0.29, 0.717) is 0 Å². The molecule has 0 bridgehead atoms. The van der Waals surface area contributed by atoms with Crippen molar-refractivity contribution in [3.8, 4) is 22.3 Å². The topological polar surface area (TPSA) is 88.1 Å². The zero-order valence-electron chi connectivity index (χ0n) is 36.0. The number of imidazole rings is 1. The monoisotopic (exact) mass is 819 g/mol. The van der Waals surface area contributed by atoms with Gasteiger partial charge in [0.05, 0.1) is 28.8 Å². The number of hydrogen-bond donors (Lipinski definition) is 1. The van der Waals surface area contributed by atoms with Gasteiger partial charge in [-0.3, -0.25) is 24.4 Å². The van der Waals surface area contributed by atoms with Gasteiger partial charge in [-0.1, -0.05) is 97.1 Å². The number of fused-ring (bicyclic) bond motifs is 3. The number of nitrogens with zero attached hydrogens (tertiary/aromatic N) is 6. The maximum atomic E-state index is 14.1. The van der Waals surface area contributed by atoms with E-state index in [1.54, 1.807) is 0 Å². The quantitative estimate of drug-likeness (QED) is 0.149. The van der Waals surface area contributed by atoms with Crippen molar-refractivity contribution in [3.63, 3.8) is 0 Å². The van der Waals surface area contributed by atoms with E-state index in [9.17, 15) is 9.59 Å². The van der Waals surface area contributed by atoms with Gasteiger partial charge >= 0.3 is 0 Å². The zero-order valence-corrected chi connectivity index (χ0v) is 36.0. The van der Waals surface area contributed by atoms with Crippen molar-refractivity contribution in [1.82, 2.24) is 29.6 Å². The zero-order chi connectivity index (χ0) is 42.5. The molecule has 10 rings (SSSR count). The van der Waals surface area contributed by atoms with Crippen LogP contribution in [-0.2, 0) is 16.0 Å². The lowest BCUT2D eigenvalue weighted by molar-refractivity contribution is -0.137.